The molecule has 1 aromatic rings. The van der Waals surface area contributed by atoms with Crippen molar-refractivity contribution in [3.63, 3.8) is 0 Å². The first-order valence-electron chi connectivity index (χ1n) is 1.68. The molecule has 1 rings (SSSR count). The average Bonchev–Trinajstić information content (AvgIpc) is 1.86. The number of hydrogen-bond donors (Lipinski definition) is 0. The van der Waals surface area contributed by atoms with Gasteiger partial charge in [-0.15, -0.1) is 8.19 Å². The third-order valence-electron chi connectivity index (χ3n) is 0.560. The molecule has 0 nitrogen and oxygen atoms in total. The Kier molecular flexibility index (Phi) is 0.932. The SMILES string of the molecule is Fc1ccc[pH]1. The van der Waals surface area contributed by atoms with Crippen LogP contribution in [0.4, 0.5) is 4.39 Å². The third-order valence-corrected chi connectivity index (χ3v) is 1.36. The molecule has 6 heavy (non-hydrogen) atoms. The number of halogens is 1. The second-order valence-corrected chi connectivity index (χ2v) is 2.12. The van der Waals surface area contributed by atoms with Gasteiger partial charge in [-0.3, -0.25) is 0 Å². The van der Waals surface area contributed by atoms with Gasteiger partial charge in [-0.05, 0) is 11.9 Å². The summed E-state index contributed by atoms with van der Waals surface area (Å²) in [5.74, 6) is 1.81. The molecule has 0 aliphatic rings. The highest BCUT2D eigenvalue weighted by atomic mass is 31.0. The minimum Gasteiger partial charge on any atom is -0.203 e. The van der Waals surface area contributed by atoms with Crippen molar-refractivity contribution in [1.82, 2.24) is 0 Å². The Hall–Kier alpha value is -0.290. The highest BCUT2D eigenvalue weighted by Gasteiger charge is 1.78. The molecule has 0 N–H and O–H groups in total. The lowest BCUT2D eigenvalue weighted by atomic mass is 10.7. The summed E-state index contributed by atoms with van der Waals surface area (Å²) >= 11 is 0. The van der Waals surface area contributed by atoms with E-state index in [0.29, 0.717) is 8.19 Å². The molecule has 0 aliphatic heterocycles. The van der Waals surface area contributed by atoms with Gasteiger partial charge in [0.05, 0.1) is 0 Å². The van der Waals surface area contributed by atoms with Gasteiger partial charge in [0.2, 0.25) is 0 Å². The first kappa shape index (κ1) is 3.89. The van der Waals surface area contributed by atoms with Crippen molar-refractivity contribution in [3.05, 3.63) is 23.5 Å². The Labute approximate surface area is 37.1 Å². The Morgan fingerprint density at radius 1 is 1.67 bits per heavy atom. The fraction of sp³-hybridized carbons (Fsp3) is 0. The summed E-state index contributed by atoms with van der Waals surface area (Å²) in [5, 5.41) is 0. The largest absolute Gasteiger partial charge is 0.203 e. The third kappa shape index (κ3) is 0.605. The zero-order valence-corrected chi connectivity index (χ0v) is 4.11. The lowest BCUT2D eigenvalue weighted by Crippen LogP contribution is -1.42. The van der Waals surface area contributed by atoms with Crippen LogP contribution in [0.15, 0.2) is 17.9 Å². The molecule has 0 radical (unpaired) electrons. The van der Waals surface area contributed by atoms with E-state index < -0.39 is 0 Å². The van der Waals surface area contributed by atoms with Crippen molar-refractivity contribution in [2.24, 2.45) is 0 Å². The van der Waals surface area contributed by atoms with Crippen molar-refractivity contribution < 1.29 is 4.39 Å². The Bertz CT molecular complexity index is 111. The van der Waals surface area contributed by atoms with Crippen LogP contribution in [0.25, 0.3) is 0 Å². The highest BCUT2D eigenvalue weighted by molar-refractivity contribution is 7.28. The van der Waals surface area contributed by atoms with Gasteiger partial charge in [-0.1, -0.05) is 6.07 Å². The molecule has 0 aliphatic carbocycles. The Morgan fingerprint density at radius 3 is 2.67 bits per heavy atom. The lowest BCUT2D eigenvalue weighted by molar-refractivity contribution is 0.658. The van der Waals surface area contributed by atoms with Crippen LogP contribution >= 0.6 is 8.19 Å². The van der Waals surface area contributed by atoms with E-state index in [4.69, 9.17) is 0 Å². The van der Waals surface area contributed by atoms with Gasteiger partial charge in [0, 0.05) is 0 Å². The first-order valence-corrected chi connectivity index (χ1v) is 2.76. The van der Waals surface area contributed by atoms with Crippen molar-refractivity contribution in [2.75, 3.05) is 0 Å². The smallest absolute Gasteiger partial charge is 0.138 e. The maximum atomic E-state index is 11.7. The van der Waals surface area contributed by atoms with Crippen LogP contribution in [0.3, 0.4) is 0 Å². The summed E-state index contributed by atoms with van der Waals surface area (Å²) in [5.41, 5.74) is -0.00463. The van der Waals surface area contributed by atoms with E-state index >= 15 is 0 Å². The first-order chi connectivity index (χ1) is 2.89. The van der Waals surface area contributed by atoms with Gasteiger partial charge in [0.25, 0.3) is 0 Å². The van der Waals surface area contributed by atoms with Gasteiger partial charge >= 0.3 is 0 Å². The summed E-state index contributed by atoms with van der Waals surface area (Å²) in [6, 6.07) is 3.21. The van der Waals surface area contributed by atoms with Crippen molar-refractivity contribution in [2.45, 2.75) is 0 Å². The predicted molar refractivity (Wildman–Crippen MR) is 25.9 cm³/mol. The summed E-state index contributed by atoms with van der Waals surface area (Å²) in [7, 11) is 0.296. The molecule has 1 aromatic heterocycles. The van der Waals surface area contributed by atoms with E-state index in [1.807, 2.05) is 5.80 Å². The van der Waals surface area contributed by atoms with Crippen LogP contribution in [0.2, 0.25) is 0 Å². The van der Waals surface area contributed by atoms with Crippen molar-refractivity contribution >= 4 is 8.19 Å². The molecule has 0 aromatic carbocycles. The van der Waals surface area contributed by atoms with Gasteiger partial charge in [0.1, 0.15) is 5.55 Å². The van der Waals surface area contributed by atoms with Crippen LogP contribution in [0.5, 0.6) is 0 Å². The van der Waals surface area contributed by atoms with E-state index in [-0.39, 0.29) is 5.55 Å². The normalized spacial score (nSPS) is 10.2. The van der Waals surface area contributed by atoms with Gasteiger partial charge < -0.3 is 0 Å². The van der Waals surface area contributed by atoms with Crippen LogP contribution in [0, 0.1) is 5.55 Å². The van der Waals surface area contributed by atoms with E-state index in [0.717, 1.165) is 0 Å². The van der Waals surface area contributed by atoms with Crippen LogP contribution in [-0.4, -0.2) is 0 Å². The summed E-state index contributed by atoms with van der Waals surface area (Å²) < 4.78 is 11.7. The molecule has 1 atom stereocenters. The monoisotopic (exact) mass is 102 g/mol. The molecule has 1 heterocycles. The van der Waals surface area contributed by atoms with Crippen LogP contribution in [-0.2, 0) is 0 Å². The van der Waals surface area contributed by atoms with E-state index in [1.165, 1.54) is 6.07 Å². The van der Waals surface area contributed by atoms with Crippen molar-refractivity contribution in [1.29, 1.82) is 0 Å². The molecule has 32 valence electrons. The summed E-state index contributed by atoms with van der Waals surface area (Å²) in [4.78, 5) is 0. The second kappa shape index (κ2) is 1.44. The fourth-order valence-corrected chi connectivity index (χ4v) is 0.853. The molecule has 2 heteroatoms. The average molecular weight is 102 g/mol. The maximum Gasteiger partial charge on any atom is 0.138 e. The number of hydrogen-bond acceptors (Lipinski definition) is 0. The number of rotatable bonds is 0. The van der Waals surface area contributed by atoms with E-state index in [9.17, 15) is 4.39 Å². The van der Waals surface area contributed by atoms with Gasteiger partial charge in [-0.25, -0.2) is 4.39 Å². The fourth-order valence-electron chi connectivity index (χ4n) is 0.308. The minimum atomic E-state index is -0.00463. The standard InChI is InChI=1S/C4H4FP/c5-4-2-1-3-6-4/h1-3,6H. The Morgan fingerprint density at radius 2 is 2.50 bits per heavy atom. The summed E-state index contributed by atoms with van der Waals surface area (Å²) in [6.45, 7) is 0. The molecular weight excluding hydrogens is 98.0 g/mol. The van der Waals surface area contributed by atoms with Crippen LogP contribution < -0.4 is 0 Å². The molecule has 0 fully saturated rings. The summed E-state index contributed by atoms with van der Waals surface area (Å²) in [6.07, 6.45) is 0. The second-order valence-electron chi connectivity index (χ2n) is 1.02. The zero-order valence-electron chi connectivity index (χ0n) is 3.11. The molecule has 0 amide bonds. The van der Waals surface area contributed by atoms with E-state index in [2.05, 4.69) is 0 Å². The van der Waals surface area contributed by atoms with Crippen LogP contribution in [0.1, 0.15) is 0 Å². The molecule has 0 saturated carbocycles. The van der Waals surface area contributed by atoms with E-state index in [1.54, 1.807) is 6.07 Å². The zero-order chi connectivity index (χ0) is 4.41. The Balaban J connectivity index is 3.05. The van der Waals surface area contributed by atoms with Gasteiger partial charge in [-0.2, -0.15) is 0 Å². The highest BCUT2D eigenvalue weighted by Crippen LogP contribution is 2.09. The topological polar surface area (TPSA) is 0 Å². The molecule has 1 unspecified atom stereocenters. The van der Waals surface area contributed by atoms with Gasteiger partial charge in [0.15, 0.2) is 0 Å². The quantitative estimate of drug-likeness (QED) is 0.469. The molecule has 0 bridgehead atoms. The molecule has 0 spiro atoms. The lowest BCUT2D eigenvalue weighted by Gasteiger charge is -1.62. The molecule has 0 saturated heterocycles. The molecular formula is C4H4FP. The maximum absolute atomic E-state index is 11.7. The minimum absolute atomic E-state index is 0.00463. The van der Waals surface area contributed by atoms with Crippen molar-refractivity contribution in [3.8, 4) is 0 Å². The predicted octanol–water partition coefficient (Wildman–Crippen LogP) is 1.86.